The molecule has 0 heterocycles. The van der Waals surface area contributed by atoms with Gasteiger partial charge in [-0.05, 0) is 64.9 Å². The van der Waals surface area contributed by atoms with Crippen LogP contribution in [0, 0.1) is 0 Å². The highest BCUT2D eigenvalue weighted by Crippen LogP contribution is 2.23. The van der Waals surface area contributed by atoms with E-state index >= 15 is 0 Å². The van der Waals surface area contributed by atoms with Crippen molar-refractivity contribution in [1.82, 2.24) is 0 Å². The lowest BCUT2D eigenvalue weighted by Gasteiger charge is -2.14. The molecule has 202 valence electrons. The largest absolute Gasteiger partial charge is 0.490 e. The van der Waals surface area contributed by atoms with Crippen LogP contribution in [0.1, 0.15) is 52.0 Å². The predicted octanol–water partition coefficient (Wildman–Crippen LogP) is 7.98. The molecule has 1 amide bonds. The minimum Gasteiger partial charge on any atom is -0.490 e. The minimum atomic E-state index is -0.0995. The Labute approximate surface area is 237 Å². The van der Waals surface area contributed by atoms with Crippen molar-refractivity contribution in [2.24, 2.45) is 0 Å². The quantitative estimate of drug-likeness (QED) is 0.150. The van der Waals surface area contributed by atoms with E-state index in [0.29, 0.717) is 12.2 Å². The van der Waals surface area contributed by atoms with Crippen molar-refractivity contribution in [3.8, 4) is 5.75 Å². The Morgan fingerprint density at radius 1 is 0.750 bits per heavy atom. The van der Waals surface area contributed by atoms with Crippen molar-refractivity contribution < 1.29 is 14.3 Å². The van der Waals surface area contributed by atoms with E-state index in [1.165, 1.54) is 0 Å². The number of para-hydroxylation sites is 1. The van der Waals surface area contributed by atoms with Gasteiger partial charge in [-0.3, -0.25) is 9.59 Å². The van der Waals surface area contributed by atoms with Gasteiger partial charge in [0.25, 0.3) is 0 Å². The maximum atomic E-state index is 12.8. The maximum Gasteiger partial charge on any atom is 0.228 e. The van der Waals surface area contributed by atoms with E-state index in [2.05, 4.69) is 31.3 Å². The monoisotopic (exact) mass is 529 g/mol. The summed E-state index contributed by atoms with van der Waals surface area (Å²) in [6.45, 7) is 4.63. The number of carbonyl (C=O) groups is 2. The van der Waals surface area contributed by atoms with Crippen molar-refractivity contribution in [1.29, 1.82) is 0 Å². The Hall–Kier alpha value is -4.70. The van der Waals surface area contributed by atoms with Gasteiger partial charge < -0.3 is 10.1 Å². The van der Waals surface area contributed by atoms with Crippen molar-refractivity contribution >= 4 is 29.5 Å². The average Bonchev–Trinajstić information content (AvgIpc) is 2.99. The zero-order chi connectivity index (χ0) is 28.2. The molecule has 0 saturated carbocycles. The molecule has 0 atom stereocenters. The third-order valence-corrected chi connectivity index (χ3v) is 6.61. The number of benzene rings is 4. The van der Waals surface area contributed by atoms with E-state index in [9.17, 15) is 9.59 Å². The molecule has 0 spiro atoms. The number of allylic oxidation sites excluding steroid dienone is 1. The second-order valence-electron chi connectivity index (χ2n) is 9.47. The van der Waals surface area contributed by atoms with Crippen molar-refractivity contribution in [3.63, 3.8) is 0 Å². The summed E-state index contributed by atoms with van der Waals surface area (Å²) >= 11 is 0. The molecule has 4 rings (SSSR count). The highest BCUT2D eigenvalue weighted by Gasteiger charge is 2.11. The van der Waals surface area contributed by atoms with Gasteiger partial charge in [0.05, 0.1) is 6.42 Å². The molecule has 0 aliphatic rings. The molecule has 0 radical (unpaired) electrons. The molecule has 4 aromatic carbocycles. The first kappa shape index (κ1) is 28.3. The molecular weight excluding hydrogens is 494 g/mol. The van der Waals surface area contributed by atoms with Crippen LogP contribution in [0.4, 0.5) is 5.69 Å². The van der Waals surface area contributed by atoms with Gasteiger partial charge in [0.15, 0.2) is 5.78 Å². The Morgan fingerprint density at radius 2 is 1.43 bits per heavy atom. The molecule has 4 aromatic rings. The first-order valence-corrected chi connectivity index (χ1v) is 13.7. The normalized spacial score (nSPS) is 11.2. The minimum absolute atomic E-state index is 0.0628. The fraction of sp³-hybridized carbons (Fsp3) is 0.167. The molecule has 1 N–H and O–H groups in total. The van der Waals surface area contributed by atoms with Crippen molar-refractivity contribution in [2.45, 2.75) is 33.1 Å². The molecule has 40 heavy (non-hydrogen) atoms. The number of rotatable bonds is 12. The number of ketones is 1. The summed E-state index contributed by atoms with van der Waals surface area (Å²) < 4.78 is 5.83. The molecule has 0 aliphatic carbocycles. The number of anilines is 1. The van der Waals surface area contributed by atoms with E-state index in [-0.39, 0.29) is 18.1 Å². The van der Waals surface area contributed by atoms with Gasteiger partial charge in [0, 0.05) is 11.3 Å². The molecule has 0 unspecified atom stereocenters. The Morgan fingerprint density at radius 3 is 2.12 bits per heavy atom. The van der Waals surface area contributed by atoms with Gasteiger partial charge in [-0.15, -0.1) is 0 Å². The lowest BCUT2D eigenvalue weighted by Crippen LogP contribution is -2.17. The number of amides is 1. The molecule has 4 heteroatoms. The topological polar surface area (TPSA) is 55.4 Å². The van der Waals surface area contributed by atoms with E-state index in [0.717, 1.165) is 52.1 Å². The first-order valence-electron chi connectivity index (χ1n) is 13.7. The zero-order valence-electron chi connectivity index (χ0n) is 23.1. The van der Waals surface area contributed by atoms with Crippen LogP contribution in [-0.4, -0.2) is 18.3 Å². The average molecular weight is 530 g/mol. The molecule has 0 bridgehead atoms. The van der Waals surface area contributed by atoms with Crippen LogP contribution >= 0.6 is 0 Å². The van der Waals surface area contributed by atoms with Gasteiger partial charge in [-0.2, -0.15) is 0 Å². The Balaban J connectivity index is 1.31. The summed E-state index contributed by atoms with van der Waals surface area (Å²) in [6, 6.07) is 31.1. The number of hydrogen-bond acceptors (Lipinski definition) is 3. The van der Waals surface area contributed by atoms with Crippen LogP contribution in [0.25, 0.3) is 12.2 Å². The highest BCUT2D eigenvalue weighted by atomic mass is 16.5. The van der Waals surface area contributed by atoms with Gasteiger partial charge in [-0.1, -0.05) is 111 Å². The number of aryl methyl sites for hydroxylation is 2. The predicted molar refractivity (Wildman–Crippen MR) is 165 cm³/mol. The van der Waals surface area contributed by atoms with E-state index in [1.807, 2.05) is 84.9 Å². The van der Waals surface area contributed by atoms with Crippen LogP contribution < -0.4 is 10.1 Å². The number of nitrogens with one attached hydrogen (secondary N) is 1. The first-order chi connectivity index (χ1) is 19.6. The SMILES string of the molecule is CCc1cccc(CC)c1NC(=O)Cc1ccc(C(=O)C=Cc2cccc(OCC=Cc3ccccc3)c2)cc1. The summed E-state index contributed by atoms with van der Waals surface area (Å²) in [7, 11) is 0. The van der Waals surface area contributed by atoms with Gasteiger partial charge >= 0.3 is 0 Å². The third-order valence-electron chi connectivity index (χ3n) is 6.61. The fourth-order valence-electron chi connectivity index (χ4n) is 4.43. The second-order valence-corrected chi connectivity index (χ2v) is 9.47. The number of carbonyl (C=O) groups excluding carboxylic acids is 2. The summed E-state index contributed by atoms with van der Waals surface area (Å²) in [4.78, 5) is 25.5. The highest BCUT2D eigenvalue weighted by molar-refractivity contribution is 6.06. The van der Waals surface area contributed by atoms with Crippen LogP contribution in [0.15, 0.2) is 109 Å². The molecule has 0 saturated heterocycles. The summed E-state index contributed by atoms with van der Waals surface area (Å²) in [5.74, 6) is 0.576. The zero-order valence-corrected chi connectivity index (χ0v) is 23.1. The molecule has 0 aliphatic heterocycles. The maximum absolute atomic E-state index is 12.8. The summed E-state index contributed by atoms with van der Waals surface area (Å²) in [6.07, 6.45) is 9.30. The molecule has 0 aromatic heterocycles. The molecular formula is C36H35NO3. The van der Waals surface area contributed by atoms with Gasteiger partial charge in [0.2, 0.25) is 5.91 Å². The number of hydrogen-bond donors (Lipinski definition) is 1. The van der Waals surface area contributed by atoms with Crippen molar-refractivity contribution in [3.05, 3.63) is 143 Å². The summed E-state index contributed by atoms with van der Waals surface area (Å²) in [5, 5.41) is 3.10. The Bertz CT molecular complexity index is 1460. The van der Waals surface area contributed by atoms with Crippen LogP contribution in [0.5, 0.6) is 5.75 Å². The van der Waals surface area contributed by atoms with Gasteiger partial charge in [0.1, 0.15) is 12.4 Å². The van der Waals surface area contributed by atoms with E-state index < -0.39 is 0 Å². The molecule has 0 fully saturated rings. The standard InChI is InChI=1S/C36H35NO3/c1-3-30-15-9-16-31(4-2)36(30)37-35(39)26-29-18-21-32(22-19-29)34(38)23-20-28-13-8-17-33(25-28)40-24-10-14-27-11-6-5-7-12-27/h5-23,25H,3-4,24,26H2,1-2H3,(H,37,39). The van der Waals surface area contributed by atoms with Gasteiger partial charge in [-0.25, -0.2) is 0 Å². The lowest BCUT2D eigenvalue weighted by atomic mass is 10.0. The third kappa shape index (κ3) is 8.15. The van der Waals surface area contributed by atoms with Crippen LogP contribution in [0.3, 0.4) is 0 Å². The summed E-state index contributed by atoms with van der Waals surface area (Å²) in [5.41, 5.74) is 6.63. The second kappa shape index (κ2) is 14.5. The van der Waals surface area contributed by atoms with E-state index in [4.69, 9.17) is 4.74 Å². The van der Waals surface area contributed by atoms with Crippen molar-refractivity contribution in [2.75, 3.05) is 11.9 Å². The fourth-order valence-corrected chi connectivity index (χ4v) is 4.43. The van der Waals surface area contributed by atoms with E-state index in [1.54, 1.807) is 24.3 Å². The van der Waals surface area contributed by atoms with Crippen LogP contribution in [0.2, 0.25) is 0 Å². The lowest BCUT2D eigenvalue weighted by molar-refractivity contribution is -0.115. The Kier molecular flexibility index (Phi) is 10.2. The van der Waals surface area contributed by atoms with Crippen LogP contribution in [-0.2, 0) is 24.1 Å². The smallest absolute Gasteiger partial charge is 0.228 e. The number of ether oxygens (including phenoxy) is 1. The molecule has 4 nitrogen and oxygen atoms in total.